The summed E-state index contributed by atoms with van der Waals surface area (Å²) in [6, 6.07) is 6.15. The minimum atomic E-state index is 0.0673. The zero-order chi connectivity index (χ0) is 20.0. The van der Waals surface area contributed by atoms with Crippen LogP contribution >= 0.6 is 0 Å². The van der Waals surface area contributed by atoms with Gasteiger partial charge in [0.2, 0.25) is 5.88 Å². The van der Waals surface area contributed by atoms with Crippen molar-refractivity contribution in [1.29, 1.82) is 0 Å². The Morgan fingerprint density at radius 2 is 1.93 bits per heavy atom. The third-order valence-corrected chi connectivity index (χ3v) is 5.88. The second-order valence-corrected chi connectivity index (χ2v) is 7.73. The van der Waals surface area contributed by atoms with Crippen LogP contribution in [-0.2, 0) is 0 Å². The molecule has 0 saturated heterocycles. The first kappa shape index (κ1) is 18.7. The number of aryl methyl sites for hydroxylation is 2. The third kappa shape index (κ3) is 2.91. The maximum atomic E-state index is 13.7. The van der Waals surface area contributed by atoms with Gasteiger partial charge in [-0.2, -0.15) is 0 Å². The molecule has 0 aromatic carbocycles. The number of hydrogen-bond acceptors (Lipinski definition) is 4. The Morgan fingerprint density at radius 1 is 1.21 bits per heavy atom. The summed E-state index contributed by atoms with van der Waals surface area (Å²) in [6.45, 7) is 8.32. The SMILES string of the molecule is CCC(CC)c1cc(C)n2nc(-c3ccc(OC)nc3C)n(C3CC3)c(=O)c12. The maximum Gasteiger partial charge on any atom is 0.278 e. The highest BCUT2D eigenvalue weighted by atomic mass is 16.5. The second kappa shape index (κ2) is 7.08. The van der Waals surface area contributed by atoms with E-state index in [9.17, 15) is 4.79 Å². The van der Waals surface area contributed by atoms with E-state index in [0.717, 1.165) is 53.7 Å². The first-order valence-corrected chi connectivity index (χ1v) is 10.2. The van der Waals surface area contributed by atoms with Gasteiger partial charge in [0.15, 0.2) is 5.82 Å². The molecule has 0 N–H and O–H groups in total. The lowest BCUT2D eigenvalue weighted by atomic mass is 9.95. The summed E-state index contributed by atoms with van der Waals surface area (Å²) in [5.74, 6) is 1.64. The van der Waals surface area contributed by atoms with E-state index < -0.39 is 0 Å². The smallest absolute Gasteiger partial charge is 0.278 e. The van der Waals surface area contributed by atoms with Crippen molar-refractivity contribution >= 4 is 5.52 Å². The summed E-state index contributed by atoms with van der Waals surface area (Å²) < 4.78 is 8.98. The van der Waals surface area contributed by atoms with Crippen molar-refractivity contribution in [2.24, 2.45) is 0 Å². The summed E-state index contributed by atoms with van der Waals surface area (Å²) in [5.41, 5.74) is 4.62. The first-order valence-electron chi connectivity index (χ1n) is 10.2. The van der Waals surface area contributed by atoms with Crippen molar-refractivity contribution in [2.75, 3.05) is 7.11 Å². The van der Waals surface area contributed by atoms with E-state index in [0.29, 0.717) is 17.6 Å². The van der Waals surface area contributed by atoms with E-state index in [4.69, 9.17) is 9.84 Å². The van der Waals surface area contributed by atoms with Gasteiger partial charge in [0.05, 0.1) is 12.8 Å². The van der Waals surface area contributed by atoms with Gasteiger partial charge in [-0.15, -0.1) is 5.10 Å². The van der Waals surface area contributed by atoms with Gasteiger partial charge in [0, 0.05) is 23.4 Å². The average Bonchev–Trinajstić information content (AvgIpc) is 3.47. The summed E-state index contributed by atoms with van der Waals surface area (Å²) in [7, 11) is 1.61. The lowest BCUT2D eigenvalue weighted by molar-refractivity contribution is 0.397. The zero-order valence-corrected chi connectivity index (χ0v) is 17.3. The fraction of sp³-hybridized carbons (Fsp3) is 0.500. The Kier molecular flexibility index (Phi) is 4.73. The van der Waals surface area contributed by atoms with E-state index >= 15 is 0 Å². The zero-order valence-electron chi connectivity index (χ0n) is 17.3. The number of aromatic nitrogens is 4. The van der Waals surface area contributed by atoms with Crippen LogP contribution in [0.3, 0.4) is 0 Å². The monoisotopic (exact) mass is 380 g/mol. The Labute approximate surface area is 165 Å². The van der Waals surface area contributed by atoms with Gasteiger partial charge in [-0.3, -0.25) is 9.36 Å². The molecule has 0 amide bonds. The number of pyridine rings is 1. The molecule has 0 spiro atoms. The van der Waals surface area contributed by atoms with E-state index in [1.165, 1.54) is 0 Å². The molecule has 0 atom stereocenters. The topological polar surface area (TPSA) is 61.4 Å². The Balaban J connectivity index is 2.02. The number of rotatable bonds is 6. The van der Waals surface area contributed by atoms with Crippen molar-refractivity contribution in [1.82, 2.24) is 19.2 Å². The van der Waals surface area contributed by atoms with Crippen molar-refractivity contribution in [2.45, 2.75) is 65.3 Å². The van der Waals surface area contributed by atoms with Crippen LogP contribution in [0, 0.1) is 13.8 Å². The Hall–Kier alpha value is -2.63. The van der Waals surface area contributed by atoms with E-state index in [1.807, 2.05) is 35.1 Å². The molecule has 1 aliphatic carbocycles. The number of ether oxygens (including phenoxy) is 1. The van der Waals surface area contributed by atoms with Gasteiger partial charge >= 0.3 is 0 Å². The molecule has 6 nitrogen and oxygen atoms in total. The fourth-order valence-corrected chi connectivity index (χ4v) is 4.13. The van der Waals surface area contributed by atoms with E-state index in [1.54, 1.807) is 7.11 Å². The normalized spacial score (nSPS) is 14.2. The van der Waals surface area contributed by atoms with Gasteiger partial charge in [0.25, 0.3) is 5.56 Å². The van der Waals surface area contributed by atoms with Crippen molar-refractivity contribution in [3.63, 3.8) is 0 Å². The first-order chi connectivity index (χ1) is 13.5. The molecule has 6 heteroatoms. The quantitative estimate of drug-likeness (QED) is 0.635. The average molecular weight is 380 g/mol. The van der Waals surface area contributed by atoms with Gasteiger partial charge < -0.3 is 4.74 Å². The van der Waals surface area contributed by atoms with Gasteiger partial charge in [-0.25, -0.2) is 9.50 Å². The highest BCUT2D eigenvalue weighted by molar-refractivity contribution is 5.63. The second-order valence-electron chi connectivity index (χ2n) is 7.73. The lowest BCUT2D eigenvalue weighted by Gasteiger charge is -2.16. The molecule has 0 unspecified atom stereocenters. The molecule has 0 aliphatic heterocycles. The molecule has 4 rings (SSSR count). The molecule has 0 bridgehead atoms. The van der Waals surface area contributed by atoms with Crippen LogP contribution in [0.4, 0.5) is 0 Å². The molecule has 3 aromatic heterocycles. The van der Waals surface area contributed by atoms with Crippen LogP contribution in [0.1, 0.15) is 68.4 Å². The minimum Gasteiger partial charge on any atom is -0.481 e. The van der Waals surface area contributed by atoms with Crippen LogP contribution in [-0.4, -0.2) is 26.3 Å². The molecule has 28 heavy (non-hydrogen) atoms. The van der Waals surface area contributed by atoms with Crippen molar-refractivity contribution in [3.05, 3.63) is 45.5 Å². The molecule has 148 valence electrons. The van der Waals surface area contributed by atoms with Crippen LogP contribution in [0.5, 0.6) is 5.88 Å². The molecule has 0 radical (unpaired) electrons. The number of hydrogen-bond donors (Lipinski definition) is 0. The predicted molar refractivity (Wildman–Crippen MR) is 110 cm³/mol. The van der Waals surface area contributed by atoms with E-state index in [-0.39, 0.29) is 11.6 Å². The Morgan fingerprint density at radius 3 is 2.50 bits per heavy atom. The summed E-state index contributed by atoms with van der Waals surface area (Å²) in [6.07, 6.45) is 4.07. The van der Waals surface area contributed by atoms with Crippen LogP contribution in [0.2, 0.25) is 0 Å². The molecule has 1 aliphatic rings. The van der Waals surface area contributed by atoms with Gasteiger partial charge in [-0.1, -0.05) is 13.8 Å². The molecule has 1 fully saturated rings. The maximum absolute atomic E-state index is 13.7. The molecular formula is C22H28N4O2. The number of nitrogens with zero attached hydrogens (tertiary/aromatic N) is 4. The lowest BCUT2D eigenvalue weighted by Crippen LogP contribution is -2.26. The largest absolute Gasteiger partial charge is 0.481 e. The molecule has 3 aromatic rings. The molecule has 3 heterocycles. The minimum absolute atomic E-state index is 0.0673. The number of methoxy groups -OCH3 is 1. The predicted octanol–water partition coefficient (Wildman–Crippen LogP) is 4.42. The highest BCUT2D eigenvalue weighted by Gasteiger charge is 2.31. The third-order valence-electron chi connectivity index (χ3n) is 5.88. The fourth-order valence-electron chi connectivity index (χ4n) is 4.13. The van der Waals surface area contributed by atoms with Crippen LogP contribution < -0.4 is 10.3 Å². The van der Waals surface area contributed by atoms with Gasteiger partial charge in [-0.05, 0) is 63.1 Å². The van der Waals surface area contributed by atoms with Crippen LogP contribution in [0.25, 0.3) is 16.9 Å². The summed E-state index contributed by atoms with van der Waals surface area (Å²) in [4.78, 5) is 18.2. The number of fused-ring (bicyclic) bond motifs is 1. The van der Waals surface area contributed by atoms with Gasteiger partial charge in [0.1, 0.15) is 5.52 Å². The summed E-state index contributed by atoms with van der Waals surface area (Å²) in [5, 5.41) is 4.95. The van der Waals surface area contributed by atoms with Crippen molar-refractivity contribution in [3.8, 4) is 17.3 Å². The van der Waals surface area contributed by atoms with E-state index in [2.05, 4.69) is 24.9 Å². The standard InChI is InChI=1S/C22H28N4O2/c1-6-15(7-2)18-12-13(3)26-20(18)22(27)25(16-8-9-16)21(24-26)17-10-11-19(28-5)23-14(17)4/h10-12,15-16H,6-9H2,1-5H3. The molecule has 1 saturated carbocycles. The summed E-state index contributed by atoms with van der Waals surface area (Å²) >= 11 is 0. The van der Waals surface area contributed by atoms with Crippen molar-refractivity contribution < 1.29 is 4.74 Å². The molecular weight excluding hydrogens is 352 g/mol. The highest BCUT2D eigenvalue weighted by Crippen LogP contribution is 2.38. The Bertz CT molecular complexity index is 1090. The van der Waals surface area contributed by atoms with Crippen LogP contribution in [0.15, 0.2) is 23.0 Å².